The maximum atomic E-state index is 14.8. The van der Waals surface area contributed by atoms with E-state index in [1.165, 1.54) is 6.20 Å². The van der Waals surface area contributed by atoms with Crippen molar-refractivity contribution in [3.63, 3.8) is 0 Å². The van der Waals surface area contributed by atoms with E-state index >= 15 is 0 Å². The van der Waals surface area contributed by atoms with E-state index < -0.39 is 17.2 Å². The van der Waals surface area contributed by atoms with Crippen LogP contribution in [0.15, 0.2) is 17.1 Å². The number of nitrogens with one attached hydrogen (secondary N) is 1. The predicted octanol–water partition coefficient (Wildman–Crippen LogP) is 0.644. The van der Waals surface area contributed by atoms with Gasteiger partial charge in [0.1, 0.15) is 11.2 Å². The molecule has 1 aliphatic carbocycles. The van der Waals surface area contributed by atoms with Crippen LogP contribution in [0.5, 0.6) is 0 Å². The largest absolute Gasteiger partial charge is 0.477 e. The Morgan fingerprint density at radius 3 is 2.69 bits per heavy atom. The second-order valence-corrected chi connectivity index (χ2v) is 7.18. The van der Waals surface area contributed by atoms with Crippen molar-refractivity contribution >= 4 is 41.1 Å². The van der Waals surface area contributed by atoms with E-state index in [-0.39, 0.29) is 59.4 Å². The molecule has 0 radical (unpaired) electrons. The molecule has 29 heavy (non-hydrogen) atoms. The van der Waals surface area contributed by atoms with Gasteiger partial charge < -0.3 is 25.6 Å². The number of amides is 1. The van der Waals surface area contributed by atoms with E-state index in [4.69, 9.17) is 5.73 Å². The van der Waals surface area contributed by atoms with E-state index in [0.29, 0.717) is 19.5 Å². The summed E-state index contributed by atoms with van der Waals surface area (Å²) in [5.41, 5.74) is 4.46. The molecule has 11 heteroatoms. The third-order valence-electron chi connectivity index (χ3n) is 5.15. The highest BCUT2D eigenvalue weighted by molar-refractivity contribution is 5.92. The van der Waals surface area contributed by atoms with Crippen molar-refractivity contribution in [2.75, 3.05) is 24.5 Å². The molecule has 2 aromatic rings. The molecule has 2 aliphatic rings. The molecular weight excluding hydrogens is 405 g/mol. The van der Waals surface area contributed by atoms with E-state index in [2.05, 4.69) is 10.3 Å². The Bertz CT molecular complexity index is 1040. The van der Waals surface area contributed by atoms with Gasteiger partial charge in [0, 0.05) is 31.4 Å². The van der Waals surface area contributed by atoms with Gasteiger partial charge in [-0.1, -0.05) is 0 Å². The molecule has 2 fully saturated rings. The van der Waals surface area contributed by atoms with Gasteiger partial charge in [0.2, 0.25) is 11.3 Å². The summed E-state index contributed by atoms with van der Waals surface area (Å²) in [6.45, 7) is 0.756. The molecule has 4 N–H and O–H groups in total. The van der Waals surface area contributed by atoms with Gasteiger partial charge in [-0.25, -0.2) is 14.2 Å². The monoisotopic (exact) mass is 425 g/mol. The summed E-state index contributed by atoms with van der Waals surface area (Å²) in [4.78, 5) is 41.5. The predicted molar refractivity (Wildman–Crippen MR) is 106 cm³/mol. The standard InChI is InChI=1S/C18H20FN5O4.ClH/c19-13-5-11-15(26)12(18(27)28)8-24(10-1-2-10)16(11)22-17(13)23-4-3-9(7-23)21-14(25)6-20;/h5,8-10H,1-4,6-7,20H2,(H,21,25)(H,27,28);1H. The first-order valence-corrected chi connectivity index (χ1v) is 9.12. The van der Waals surface area contributed by atoms with Gasteiger partial charge in [-0.15, -0.1) is 12.4 Å². The molecule has 1 saturated carbocycles. The topological polar surface area (TPSA) is 131 Å². The fraction of sp³-hybridized carbons (Fsp3) is 0.444. The van der Waals surface area contributed by atoms with Crippen molar-refractivity contribution in [2.24, 2.45) is 5.73 Å². The Morgan fingerprint density at radius 1 is 1.34 bits per heavy atom. The first-order chi connectivity index (χ1) is 13.4. The van der Waals surface area contributed by atoms with Crippen molar-refractivity contribution in [2.45, 2.75) is 31.3 Å². The number of hydrogen-bond donors (Lipinski definition) is 3. The van der Waals surface area contributed by atoms with Crippen LogP contribution in [0.3, 0.4) is 0 Å². The number of rotatable bonds is 5. The second kappa shape index (κ2) is 7.96. The molecule has 1 saturated heterocycles. The highest BCUT2D eigenvalue weighted by atomic mass is 35.5. The summed E-state index contributed by atoms with van der Waals surface area (Å²) in [7, 11) is 0. The summed E-state index contributed by atoms with van der Waals surface area (Å²) in [6.07, 6.45) is 3.62. The Labute approximate surface area is 171 Å². The average Bonchev–Trinajstić information content (AvgIpc) is 3.40. The highest BCUT2D eigenvalue weighted by Gasteiger charge is 2.30. The quantitative estimate of drug-likeness (QED) is 0.640. The molecule has 9 nitrogen and oxygen atoms in total. The average molecular weight is 426 g/mol. The summed E-state index contributed by atoms with van der Waals surface area (Å²) >= 11 is 0. The number of carboxylic acids is 1. The van der Waals surface area contributed by atoms with Gasteiger partial charge in [-0.2, -0.15) is 0 Å². The molecule has 4 rings (SSSR count). The van der Waals surface area contributed by atoms with Gasteiger partial charge in [-0.3, -0.25) is 9.59 Å². The number of anilines is 1. The van der Waals surface area contributed by atoms with Crippen LogP contribution in [-0.4, -0.2) is 52.2 Å². The van der Waals surface area contributed by atoms with Crippen molar-refractivity contribution in [1.82, 2.24) is 14.9 Å². The number of halogens is 2. The molecule has 1 unspecified atom stereocenters. The van der Waals surface area contributed by atoms with Gasteiger partial charge in [0.15, 0.2) is 11.6 Å². The van der Waals surface area contributed by atoms with E-state index in [1.54, 1.807) is 9.47 Å². The Balaban J connectivity index is 0.00000240. The molecule has 0 bridgehead atoms. The third kappa shape index (κ3) is 3.90. The van der Waals surface area contributed by atoms with Crippen LogP contribution < -0.4 is 21.4 Å². The minimum absolute atomic E-state index is 0. The first kappa shape index (κ1) is 21.0. The zero-order chi connectivity index (χ0) is 20.0. The molecule has 3 heterocycles. The lowest BCUT2D eigenvalue weighted by molar-refractivity contribution is -0.120. The van der Waals surface area contributed by atoms with E-state index in [1.807, 2.05) is 0 Å². The molecule has 2 aromatic heterocycles. The lowest BCUT2D eigenvalue weighted by Crippen LogP contribution is -2.40. The molecule has 156 valence electrons. The normalized spacial score (nSPS) is 18.6. The molecular formula is C18H21ClFN5O4. The van der Waals surface area contributed by atoms with Crippen LogP contribution >= 0.6 is 12.4 Å². The molecule has 0 spiro atoms. The van der Waals surface area contributed by atoms with Crippen LogP contribution in [0.25, 0.3) is 11.0 Å². The lowest BCUT2D eigenvalue weighted by Gasteiger charge is -2.20. The van der Waals surface area contributed by atoms with Gasteiger partial charge in [0.05, 0.1) is 11.9 Å². The second-order valence-electron chi connectivity index (χ2n) is 7.18. The third-order valence-corrected chi connectivity index (χ3v) is 5.15. The summed E-state index contributed by atoms with van der Waals surface area (Å²) in [5, 5.41) is 12.0. The van der Waals surface area contributed by atoms with E-state index in [9.17, 15) is 23.9 Å². The summed E-state index contributed by atoms with van der Waals surface area (Å²) < 4.78 is 16.4. The number of pyridine rings is 2. The minimum Gasteiger partial charge on any atom is -0.477 e. The maximum Gasteiger partial charge on any atom is 0.341 e. The Kier molecular flexibility index (Phi) is 5.76. The van der Waals surface area contributed by atoms with Crippen LogP contribution in [0.4, 0.5) is 10.2 Å². The zero-order valence-corrected chi connectivity index (χ0v) is 16.2. The number of fused-ring (bicyclic) bond motifs is 1. The van der Waals surface area contributed by atoms with Gasteiger partial charge >= 0.3 is 5.97 Å². The molecule has 1 atom stereocenters. The van der Waals surface area contributed by atoms with Crippen LogP contribution in [-0.2, 0) is 4.79 Å². The minimum atomic E-state index is -1.34. The summed E-state index contributed by atoms with van der Waals surface area (Å²) in [5.74, 6) is -2.22. The van der Waals surface area contributed by atoms with Crippen molar-refractivity contribution < 1.29 is 19.1 Å². The van der Waals surface area contributed by atoms with Crippen molar-refractivity contribution in [3.05, 3.63) is 33.9 Å². The Hall–Kier alpha value is -2.72. The van der Waals surface area contributed by atoms with Gasteiger partial charge in [-0.05, 0) is 25.3 Å². The molecule has 1 amide bonds. The fourth-order valence-corrected chi connectivity index (χ4v) is 3.60. The number of carbonyl (C=O) groups excluding carboxylic acids is 1. The first-order valence-electron chi connectivity index (χ1n) is 9.12. The number of aromatic carboxylic acids is 1. The smallest absolute Gasteiger partial charge is 0.341 e. The van der Waals surface area contributed by atoms with E-state index in [0.717, 1.165) is 18.9 Å². The summed E-state index contributed by atoms with van der Waals surface area (Å²) in [6, 6.07) is 0.965. The number of nitrogens with two attached hydrogens (primary N) is 1. The Morgan fingerprint density at radius 2 is 2.07 bits per heavy atom. The SMILES string of the molecule is Cl.NCC(=O)NC1CCN(c2nc3c(cc2F)c(=O)c(C(=O)O)cn3C2CC2)C1. The van der Waals surface area contributed by atoms with Crippen LogP contribution in [0.1, 0.15) is 35.7 Å². The van der Waals surface area contributed by atoms with Crippen molar-refractivity contribution in [1.29, 1.82) is 0 Å². The molecule has 1 aliphatic heterocycles. The highest BCUT2D eigenvalue weighted by Crippen LogP contribution is 2.37. The van der Waals surface area contributed by atoms with Crippen molar-refractivity contribution in [3.8, 4) is 0 Å². The lowest BCUT2D eigenvalue weighted by atomic mass is 10.2. The van der Waals surface area contributed by atoms with Crippen LogP contribution in [0.2, 0.25) is 0 Å². The van der Waals surface area contributed by atoms with Gasteiger partial charge in [0.25, 0.3) is 0 Å². The van der Waals surface area contributed by atoms with Crippen LogP contribution in [0, 0.1) is 5.82 Å². The number of carboxylic acid groups (broad SMARTS) is 1. The number of hydrogen-bond acceptors (Lipinski definition) is 6. The zero-order valence-electron chi connectivity index (χ0n) is 15.4. The molecule has 0 aromatic carbocycles. The number of aromatic nitrogens is 2. The maximum absolute atomic E-state index is 14.8. The fourth-order valence-electron chi connectivity index (χ4n) is 3.60. The number of carbonyl (C=O) groups is 2. The number of nitrogens with zero attached hydrogens (tertiary/aromatic N) is 3.